The number of rotatable bonds is 5. The summed E-state index contributed by atoms with van der Waals surface area (Å²) < 4.78 is 0. The van der Waals surface area contributed by atoms with Crippen LogP contribution >= 0.6 is 0 Å². The lowest BCUT2D eigenvalue weighted by molar-refractivity contribution is 0.431. The summed E-state index contributed by atoms with van der Waals surface area (Å²) in [5, 5.41) is 3.73. The highest BCUT2D eigenvalue weighted by Gasteiger charge is 2.16. The maximum Gasteiger partial charge on any atom is 0.0317 e. The van der Waals surface area contributed by atoms with Crippen LogP contribution in [0.3, 0.4) is 0 Å². The molecule has 0 aliphatic heterocycles. The zero-order valence-electron chi connectivity index (χ0n) is 10.3. The van der Waals surface area contributed by atoms with E-state index >= 15 is 0 Å². The first kappa shape index (κ1) is 11.7. The van der Waals surface area contributed by atoms with Crippen molar-refractivity contribution in [2.24, 2.45) is 5.92 Å². The van der Waals surface area contributed by atoms with E-state index in [0.717, 1.165) is 5.92 Å². The Morgan fingerprint density at radius 1 is 1.19 bits per heavy atom. The van der Waals surface area contributed by atoms with Crippen molar-refractivity contribution < 1.29 is 0 Å². The summed E-state index contributed by atoms with van der Waals surface area (Å²) in [6.45, 7) is 3.46. The van der Waals surface area contributed by atoms with Gasteiger partial charge >= 0.3 is 0 Å². The van der Waals surface area contributed by atoms with E-state index in [0.29, 0.717) is 6.04 Å². The van der Waals surface area contributed by atoms with E-state index in [4.69, 9.17) is 0 Å². The van der Waals surface area contributed by atoms with Gasteiger partial charge in [-0.2, -0.15) is 0 Å². The van der Waals surface area contributed by atoms with E-state index in [1.165, 1.54) is 44.2 Å². The molecule has 1 atom stereocenters. The Balaban J connectivity index is 1.85. The zero-order chi connectivity index (χ0) is 11.2. The molecule has 0 amide bonds. The van der Waals surface area contributed by atoms with Crippen LogP contribution in [0, 0.1) is 5.92 Å². The molecule has 1 nitrogen and oxygen atoms in total. The van der Waals surface area contributed by atoms with E-state index < -0.39 is 0 Å². The number of hydrogen-bond donors (Lipinski definition) is 1. The molecule has 88 valence electrons. The molecule has 1 fully saturated rings. The number of hydrogen-bond acceptors (Lipinski definition) is 1. The molecule has 16 heavy (non-hydrogen) atoms. The van der Waals surface area contributed by atoms with E-state index in [2.05, 4.69) is 42.6 Å². The fraction of sp³-hybridized carbons (Fsp3) is 0.600. The van der Waals surface area contributed by atoms with Gasteiger partial charge < -0.3 is 5.32 Å². The van der Waals surface area contributed by atoms with Gasteiger partial charge in [-0.05, 0) is 37.3 Å². The molecule has 0 spiro atoms. The maximum absolute atomic E-state index is 3.73. The second-order valence-electron chi connectivity index (χ2n) is 4.93. The van der Waals surface area contributed by atoms with Gasteiger partial charge in [0.1, 0.15) is 0 Å². The molecule has 1 saturated carbocycles. The van der Waals surface area contributed by atoms with Gasteiger partial charge in [0.15, 0.2) is 0 Å². The van der Waals surface area contributed by atoms with Crippen LogP contribution in [0.4, 0.5) is 0 Å². The third-order valence-corrected chi connectivity index (χ3v) is 3.74. The summed E-state index contributed by atoms with van der Waals surface area (Å²) in [5.41, 5.74) is 1.43. The minimum Gasteiger partial charge on any atom is -0.310 e. The smallest absolute Gasteiger partial charge is 0.0317 e. The van der Waals surface area contributed by atoms with Crippen molar-refractivity contribution in [1.29, 1.82) is 0 Å². The molecule has 1 aliphatic rings. The molecule has 1 aromatic carbocycles. The van der Waals surface area contributed by atoms with Crippen LogP contribution < -0.4 is 5.32 Å². The Morgan fingerprint density at radius 3 is 2.50 bits per heavy atom. The van der Waals surface area contributed by atoms with Gasteiger partial charge in [-0.15, -0.1) is 0 Å². The molecular formula is C15H23N. The lowest BCUT2D eigenvalue weighted by atomic mass is 10.0. The van der Waals surface area contributed by atoms with Crippen LogP contribution in [0.15, 0.2) is 30.3 Å². The zero-order valence-corrected chi connectivity index (χ0v) is 10.3. The molecule has 2 rings (SSSR count). The fourth-order valence-electron chi connectivity index (χ4n) is 2.71. The summed E-state index contributed by atoms with van der Waals surface area (Å²) in [7, 11) is 0. The van der Waals surface area contributed by atoms with E-state index in [9.17, 15) is 0 Å². The van der Waals surface area contributed by atoms with Crippen molar-refractivity contribution in [3.8, 4) is 0 Å². The molecule has 0 radical (unpaired) electrons. The molecule has 0 heterocycles. The second kappa shape index (κ2) is 6.05. The molecule has 1 aliphatic carbocycles. The molecular weight excluding hydrogens is 194 g/mol. The van der Waals surface area contributed by atoms with Crippen LogP contribution in [-0.2, 0) is 0 Å². The highest BCUT2D eigenvalue weighted by molar-refractivity contribution is 5.18. The first-order chi connectivity index (χ1) is 7.90. The summed E-state index contributed by atoms with van der Waals surface area (Å²) in [6, 6.07) is 11.4. The van der Waals surface area contributed by atoms with Gasteiger partial charge in [-0.25, -0.2) is 0 Å². The normalized spacial score (nSPS) is 18.8. The van der Waals surface area contributed by atoms with Gasteiger partial charge in [-0.3, -0.25) is 0 Å². The van der Waals surface area contributed by atoms with Crippen molar-refractivity contribution in [3.05, 3.63) is 35.9 Å². The SMILES string of the molecule is CCC(NCC1CCCC1)c1ccccc1. The largest absolute Gasteiger partial charge is 0.310 e. The molecule has 1 unspecified atom stereocenters. The van der Waals surface area contributed by atoms with E-state index in [-0.39, 0.29) is 0 Å². The summed E-state index contributed by atoms with van der Waals surface area (Å²) in [5.74, 6) is 0.928. The predicted octanol–water partition coefficient (Wildman–Crippen LogP) is 3.92. The van der Waals surface area contributed by atoms with E-state index in [1.807, 2.05) is 0 Å². The van der Waals surface area contributed by atoms with Crippen LogP contribution in [0.25, 0.3) is 0 Å². The molecule has 0 bridgehead atoms. The topological polar surface area (TPSA) is 12.0 Å². The highest BCUT2D eigenvalue weighted by atomic mass is 14.9. The Kier molecular flexibility index (Phi) is 4.41. The maximum atomic E-state index is 3.73. The monoisotopic (exact) mass is 217 g/mol. The standard InChI is InChI=1S/C15H23N/c1-2-15(14-10-4-3-5-11-14)16-12-13-8-6-7-9-13/h3-5,10-11,13,15-16H,2,6-9,12H2,1H3. The van der Waals surface area contributed by atoms with Crippen LogP contribution in [0.2, 0.25) is 0 Å². The Morgan fingerprint density at radius 2 is 1.88 bits per heavy atom. The molecule has 0 aromatic heterocycles. The quantitative estimate of drug-likeness (QED) is 0.788. The van der Waals surface area contributed by atoms with Crippen LogP contribution in [0.1, 0.15) is 50.6 Å². The Hall–Kier alpha value is -0.820. The van der Waals surface area contributed by atoms with Crippen LogP contribution in [-0.4, -0.2) is 6.54 Å². The highest BCUT2D eigenvalue weighted by Crippen LogP contribution is 2.25. The first-order valence-corrected chi connectivity index (χ1v) is 6.68. The summed E-state index contributed by atoms with van der Waals surface area (Å²) in [4.78, 5) is 0. The van der Waals surface area contributed by atoms with Gasteiger partial charge in [0.05, 0.1) is 0 Å². The van der Waals surface area contributed by atoms with Crippen molar-refractivity contribution in [2.75, 3.05) is 6.54 Å². The molecule has 1 heteroatoms. The first-order valence-electron chi connectivity index (χ1n) is 6.68. The lowest BCUT2D eigenvalue weighted by Crippen LogP contribution is -2.26. The van der Waals surface area contributed by atoms with Crippen molar-refractivity contribution in [3.63, 3.8) is 0 Å². The fourth-order valence-corrected chi connectivity index (χ4v) is 2.71. The predicted molar refractivity (Wildman–Crippen MR) is 69.4 cm³/mol. The average Bonchev–Trinajstić information content (AvgIpc) is 2.84. The number of nitrogens with one attached hydrogen (secondary N) is 1. The Bertz CT molecular complexity index is 288. The minimum absolute atomic E-state index is 0.543. The average molecular weight is 217 g/mol. The minimum atomic E-state index is 0.543. The lowest BCUT2D eigenvalue weighted by Gasteiger charge is -2.20. The van der Waals surface area contributed by atoms with Gasteiger partial charge in [0, 0.05) is 6.04 Å². The van der Waals surface area contributed by atoms with Crippen molar-refractivity contribution in [1.82, 2.24) is 5.32 Å². The van der Waals surface area contributed by atoms with Gasteiger partial charge in [0.25, 0.3) is 0 Å². The third kappa shape index (κ3) is 3.08. The second-order valence-corrected chi connectivity index (χ2v) is 4.93. The van der Waals surface area contributed by atoms with Gasteiger partial charge in [-0.1, -0.05) is 50.1 Å². The van der Waals surface area contributed by atoms with E-state index in [1.54, 1.807) is 0 Å². The summed E-state index contributed by atoms with van der Waals surface area (Å²) >= 11 is 0. The molecule has 0 saturated heterocycles. The molecule has 1 aromatic rings. The number of benzene rings is 1. The van der Waals surface area contributed by atoms with Crippen molar-refractivity contribution >= 4 is 0 Å². The summed E-state index contributed by atoms with van der Waals surface area (Å²) in [6.07, 6.45) is 6.91. The van der Waals surface area contributed by atoms with Crippen molar-refractivity contribution in [2.45, 2.75) is 45.1 Å². The molecule has 1 N–H and O–H groups in total. The Labute approximate surface area is 99.3 Å². The third-order valence-electron chi connectivity index (χ3n) is 3.74. The van der Waals surface area contributed by atoms with Gasteiger partial charge in [0.2, 0.25) is 0 Å². The van der Waals surface area contributed by atoms with Crippen LogP contribution in [0.5, 0.6) is 0 Å².